The molecule has 1 atom stereocenters. The number of fused-ring (bicyclic) bond motifs is 1. The fourth-order valence-electron chi connectivity index (χ4n) is 5.70. The van der Waals surface area contributed by atoms with E-state index in [1.165, 1.54) is 12.0 Å². The Hall–Kier alpha value is -3.41. The van der Waals surface area contributed by atoms with Gasteiger partial charge in [0.1, 0.15) is 11.2 Å². The molecule has 6 heteroatoms. The average molecular weight is 499 g/mol. The fourth-order valence-corrected chi connectivity index (χ4v) is 5.70. The number of rotatable bonds is 5. The molecule has 1 aromatic heterocycles. The van der Waals surface area contributed by atoms with Gasteiger partial charge in [0.05, 0.1) is 12.2 Å². The third-order valence-electron chi connectivity index (χ3n) is 8.27. The van der Waals surface area contributed by atoms with E-state index < -0.39 is 5.54 Å². The minimum Gasteiger partial charge on any atom is -0.351 e. The van der Waals surface area contributed by atoms with Crippen molar-refractivity contribution in [1.82, 2.24) is 15.1 Å². The first-order chi connectivity index (χ1) is 17.7. The molecule has 0 bridgehead atoms. The lowest BCUT2D eigenvalue weighted by molar-refractivity contribution is -0.127. The highest BCUT2D eigenvalue weighted by Gasteiger charge is 2.49. The van der Waals surface area contributed by atoms with Crippen LogP contribution in [-0.2, 0) is 11.3 Å². The van der Waals surface area contributed by atoms with Crippen LogP contribution in [0.1, 0.15) is 86.0 Å². The SMILES string of the molecule is Cc1cccc(N2C(=O)c3cc(-c4ccc(C(C)C)cc4)nn3C[C@]2(C)C(=O)NC2CCCCC2)c1C. The molecule has 37 heavy (non-hydrogen) atoms. The summed E-state index contributed by atoms with van der Waals surface area (Å²) in [5, 5.41) is 8.12. The number of aryl methyl sites for hydroxylation is 1. The second kappa shape index (κ2) is 9.81. The molecule has 1 aliphatic carbocycles. The lowest BCUT2D eigenvalue weighted by Crippen LogP contribution is -2.65. The lowest BCUT2D eigenvalue weighted by atomic mass is 9.90. The molecule has 0 saturated heterocycles. The van der Waals surface area contributed by atoms with Crippen molar-refractivity contribution in [2.75, 3.05) is 4.90 Å². The molecule has 0 unspecified atom stereocenters. The summed E-state index contributed by atoms with van der Waals surface area (Å²) in [6, 6.07) is 16.3. The van der Waals surface area contributed by atoms with Crippen molar-refractivity contribution in [2.24, 2.45) is 0 Å². The summed E-state index contributed by atoms with van der Waals surface area (Å²) in [6.45, 7) is 10.6. The Kier molecular flexibility index (Phi) is 6.69. The molecule has 2 aromatic carbocycles. The summed E-state index contributed by atoms with van der Waals surface area (Å²) in [7, 11) is 0. The Morgan fingerprint density at radius 3 is 2.43 bits per heavy atom. The van der Waals surface area contributed by atoms with Crippen molar-refractivity contribution >= 4 is 17.5 Å². The van der Waals surface area contributed by atoms with Crippen LogP contribution < -0.4 is 10.2 Å². The number of hydrogen-bond donors (Lipinski definition) is 1. The number of carbonyl (C=O) groups excluding carboxylic acids is 2. The second-order valence-electron chi connectivity index (χ2n) is 11.3. The standard InChI is InChI=1S/C31H38N4O2/c1-20(2)23-14-16-24(17-15-23)26-18-28-29(36)35(27-13-9-10-21(3)22(27)4)31(5,19-34(28)33-26)30(37)32-25-11-7-6-8-12-25/h9-10,13-18,20,25H,6-8,11-12,19H2,1-5H3,(H,32,37)/t31-/m1/s1. The first kappa shape index (κ1) is 25.2. The van der Waals surface area contributed by atoms with Crippen LogP contribution in [0.5, 0.6) is 0 Å². The molecule has 0 radical (unpaired) electrons. The van der Waals surface area contributed by atoms with Crippen molar-refractivity contribution < 1.29 is 9.59 Å². The minimum atomic E-state index is -1.11. The van der Waals surface area contributed by atoms with E-state index in [0.29, 0.717) is 18.2 Å². The molecule has 194 valence electrons. The fraction of sp³-hybridized carbons (Fsp3) is 0.452. The van der Waals surface area contributed by atoms with Crippen molar-refractivity contribution in [2.45, 2.75) is 90.8 Å². The maximum atomic E-state index is 14.2. The molecular formula is C31H38N4O2. The van der Waals surface area contributed by atoms with Crippen molar-refractivity contribution in [3.05, 3.63) is 70.9 Å². The molecule has 2 aliphatic rings. The zero-order chi connectivity index (χ0) is 26.3. The quantitative estimate of drug-likeness (QED) is 0.458. The Morgan fingerprint density at radius 2 is 1.76 bits per heavy atom. The van der Waals surface area contributed by atoms with Crippen LogP contribution in [0, 0.1) is 13.8 Å². The number of anilines is 1. The Balaban J connectivity index is 1.56. The summed E-state index contributed by atoms with van der Waals surface area (Å²) >= 11 is 0. The maximum Gasteiger partial charge on any atom is 0.277 e. The number of carbonyl (C=O) groups is 2. The van der Waals surface area contributed by atoms with Gasteiger partial charge in [0.2, 0.25) is 5.91 Å². The average Bonchev–Trinajstić information content (AvgIpc) is 3.31. The summed E-state index contributed by atoms with van der Waals surface area (Å²) in [6.07, 6.45) is 5.45. The summed E-state index contributed by atoms with van der Waals surface area (Å²) in [5.41, 5.74) is 5.24. The number of nitrogens with zero attached hydrogens (tertiary/aromatic N) is 3. The Bertz CT molecular complexity index is 1320. The van der Waals surface area contributed by atoms with Gasteiger partial charge < -0.3 is 5.32 Å². The number of aromatic nitrogens is 2. The van der Waals surface area contributed by atoms with E-state index in [-0.39, 0.29) is 17.9 Å². The van der Waals surface area contributed by atoms with Crippen LogP contribution in [0.15, 0.2) is 48.5 Å². The lowest BCUT2D eigenvalue weighted by Gasteiger charge is -2.44. The number of amides is 2. The zero-order valence-electron chi connectivity index (χ0n) is 22.7. The van der Waals surface area contributed by atoms with Crippen LogP contribution in [0.3, 0.4) is 0 Å². The van der Waals surface area contributed by atoms with Gasteiger partial charge in [0.25, 0.3) is 5.91 Å². The van der Waals surface area contributed by atoms with E-state index in [0.717, 1.165) is 53.8 Å². The molecule has 2 heterocycles. The normalized spacial score (nSPS) is 20.3. The summed E-state index contributed by atoms with van der Waals surface area (Å²) in [4.78, 5) is 29.8. The second-order valence-corrected chi connectivity index (χ2v) is 11.3. The van der Waals surface area contributed by atoms with Crippen LogP contribution in [-0.4, -0.2) is 33.2 Å². The van der Waals surface area contributed by atoms with Crippen molar-refractivity contribution in [3.63, 3.8) is 0 Å². The van der Waals surface area contributed by atoms with Gasteiger partial charge >= 0.3 is 0 Å². The predicted molar refractivity (Wildman–Crippen MR) is 148 cm³/mol. The number of benzene rings is 2. The first-order valence-electron chi connectivity index (χ1n) is 13.6. The molecule has 1 fully saturated rings. The van der Waals surface area contributed by atoms with Crippen LogP contribution in [0.25, 0.3) is 11.3 Å². The van der Waals surface area contributed by atoms with E-state index in [2.05, 4.69) is 43.4 Å². The zero-order valence-corrected chi connectivity index (χ0v) is 22.7. The molecule has 2 amide bonds. The molecule has 6 nitrogen and oxygen atoms in total. The highest BCUT2D eigenvalue weighted by atomic mass is 16.2. The van der Waals surface area contributed by atoms with Gasteiger partial charge in [-0.05, 0) is 68.4 Å². The van der Waals surface area contributed by atoms with E-state index in [4.69, 9.17) is 5.10 Å². The van der Waals surface area contributed by atoms with E-state index >= 15 is 0 Å². The van der Waals surface area contributed by atoms with E-state index in [1.54, 1.807) is 9.58 Å². The topological polar surface area (TPSA) is 67.2 Å². The third-order valence-corrected chi connectivity index (χ3v) is 8.27. The Labute approximate surface area is 220 Å². The van der Waals surface area contributed by atoms with Gasteiger partial charge in [-0.3, -0.25) is 19.2 Å². The predicted octanol–water partition coefficient (Wildman–Crippen LogP) is 6.16. The molecule has 5 rings (SSSR count). The molecule has 1 N–H and O–H groups in total. The number of nitrogens with one attached hydrogen (secondary N) is 1. The van der Waals surface area contributed by atoms with Crippen molar-refractivity contribution in [1.29, 1.82) is 0 Å². The molecule has 1 aliphatic heterocycles. The highest BCUT2D eigenvalue weighted by Crippen LogP contribution is 2.37. The monoisotopic (exact) mass is 498 g/mol. The molecule has 0 spiro atoms. The van der Waals surface area contributed by atoms with Gasteiger partial charge in [-0.25, -0.2) is 0 Å². The van der Waals surface area contributed by atoms with Gasteiger partial charge in [-0.15, -0.1) is 0 Å². The summed E-state index contributed by atoms with van der Waals surface area (Å²) in [5.74, 6) is 0.136. The smallest absolute Gasteiger partial charge is 0.277 e. The molecular weight excluding hydrogens is 460 g/mol. The van der Waals surface area contributed by atoms with Crippen LogP contribution in [0.2, 0.25) is 0 Å². The van der Waals surface area contributed by atoms with Crippen LogP contribution >= 0.6 is 0 Å². The number of hydrogen-bond acceptors (Lipinski definition) is 3. The highest BCUT2D eigenvalue weighted by molar-refractivity contribution is 6.12. The van der Waals surface area contributed by atoms with Crippen LogP contribution in [0.4, 0.5) is 5.69 Å². The minimum absolute atomic E-state index is 0.113. The van der Waals surface area contributed by atoms with Gasteiger partial charge in [0, 0.05) is 17.3 Å². The maximum absolute atomic E-state index is 14.2. The Morgan fingerprint density at radius 1 is 1.05 bits per heavy atom. The van der Waals surface area contributed by atoms with Gasteiger partial charge in [-0.2, -0.15) is 5.10 Å². The molecule has 3 aromatic rings. The van der Waals surface area contributed by atoms with E-state index in [1.807, 2.05) is 45.0 Å². The van der Waals surface area contributed by atoms with E-state index in [9.17, 15) is 9.59 Å². The largest absolute Gasteiger partial charge is 0.351 e. The van der Waals surface area contributed by atoms with Gasteiger partial charge in [0.15, 0.2) is 0 Å². The summed E-state index contributed by atoms with van der Waals surface area (Å²) < 4.78 is 1.73. The molecule has 1 saturated carbocycles. The third kappa shape index (κ3) is 4.58. The van der Waals surface area contributed by atoms with Gasteiger partial charge in [-0.1, -0.05) is 69.5 Å². The first-order valence-corrected chi connectivity index (χ1v) is 13.6. The van der Waals surface area contributed by atoms with Crippen molar-refractivity contribution in [3.8, 4) is 11.3 Å².